The Morgan fingerprint density at radius 1 is 0.765 bits per heavy atom. The van der Waals surface area contributed by atoms with Gasteiger partial charge in [-0.25, -0.2) is 0 Å². The van der Waals surface area contributed by atoms with Gasteiger partial charge in [-0.05, 0) is 30.2 Å². The van der Waals surface area contributed by atoms with Crippen LogP contribution in [-0.2, 0) is 0 Å². The van der Waals surface area contributed by atoms with Crippen LogP contribution >= 0.6 is 23.2 Å². The Balaban J connectivity index is 2.20. The maximum absolute atomic E-state index is 5.95. The summed E-state index contributed by atoms with van der Waals surface area (Å²) in [5.74, 6) is 0. The van der Waals surface area contributed by atoms with Crippen molar-refractivity contribution in [3.8, 4) is 0 Å². The number of aryl methyl sites for hydroxylation is 1. The molecule has 0 amide bonds. The zero-order chi connectivity index (χ0) is 12.3. The fourth-order valence-electron chi connectivity index (χ4n) is 1.49. The number of rotatable bonds is 2. The summed E-state index contributed by atoms with van der Waals surface area (Å²) in [5.41, 5.74) is 3.47. The minimum atomic E-state index is 0.581. The summed E-state index contributed by atoms with van der Waals surface area (Å²) >= 11 is 11.8. The molecule has 0 heterocycles. The second-order valence-corrected chi connectivity index (χ2v) is 4.73. The first-order valence-corrected chi connectivity index (χ1v) is 6.10. The molecule has 0 radical (unpaired) electrons. The summed E-state index contributed by atoms with van der Waals surface area (Å²) in [4.78, 5) is 0. The average molecular weight is 263 g/mol. The highest BCUT2D eigenvalue weighted by Gasteiger charge is 1.96. The summed E-state index contributed by atoms with van der Waals surface area (Å²) in [6.45, 7) is 2.08. The van der Waals surface area contributed by atoms with E-state index in [-0.39, 0.29) is 0 Å². The maximum Gasteiger partial charge on any atom is 0.0598 e. The molecule has 2 heteroatoms. The van der Waals surface area contributed by atoms with Gasteiger partial charge in [0.2, 0.25) is 0 Å². The first kappa shape index (κ1) is 12.2. The van der Waals surface area contributed by atoms with Gasteiger partial charge < -0.3 is 0 Å². The van der Waals surface area contributed by atoms with Crippen molar-refractivity contribution in [2.45, 2.75) is 6.92 Å². The molecule has 0 nitrogen and oxygen atoms in total. The molecule has 0 bridgehead atoms. The van der Waals surface area contributed by atoms with E-state index in [1.807, 2.05) is 18.2 Å². The monoisotopic (exact) mass is 262 g/mol. The SMILES string of the molecule is Cc1ccc(/C=C/c2ccc(Cl)c(Cl)c2)cc1. The molecular weight excluding hydrogens is 251 g/mol. The molecule has 0 saturated carbocycles. The Kier molecular flexibility index (Phi) is 3.88. The van der Waals surface area contributed by atoms with Crippen molar-refractivity contribution in [2.75, 3.05) is 0 Å². The second kappa shape index (κ2) is 5.39. The normalized spacial score (nSPS) is 11.0. The van der Waals surface area contributed by atoms with Gasteiger partial charge in [-0.3, -0.25) is 0 Å². The van der Waals surface area contributed by atoms with Gasteiger partial charge in [-0.1, -0.05) is 71.2 Å². The third-order valence-electron chi connectivity index (χ3n) is 2.49. The predicted molar refractivity (Wildman–Crippen MR) is 76.6 cm³/mol. The van der Waals surface area contributed by atoms with Gasteiger partial charge in [-0.2, -0.15) is 0 Å². The van der Waals surface area contributed by atoms with Crippen LogP contribution in [0.25, 0.3) is 12.2 Å². The molecule has 17 heavy (non-hydrogen) atoms. The number of hydrogen-bond acceptors (Lipinski definition) is 0. The second-order valence-electron chi connectivity index (χ2n) is 3.92. The fourth-order valence-corrected chi connectivity index (χ4v) is 1.79. The van der Waals surface area contributed by atoms with Gasteiger partial charge in [0.25, 0.3) is 0 Å². The highest BCUT2D eigenvalue weighted by Crippen LogP contribution is 2.23. The lowest BCUT2D eigenvalue weighted by atomic mass is 10.1. The van der Waals surface area contributed by atoms with Crippen molar-refractivity contribution in [3.05, 3.63) is 69.2 Å². The molecule has 0 aliphatic rings. The average Bonchev–Trinajstić information content (AvgIpc) is 2.33. The standard InChI is InChI=1S/C15H12Cl2/c1-11-2-4-12(5-3-11)6-7-13-8-9-14(16)15(17)10-13/h2-10H,1H3/b7-6+. The van der Waals surface area contributed by atoms with Crippen LogP contribution in [-0.4, -0.2) is 0 Å². The molecular formula is C15H12Cl2. The first-order chi connectivity index (χ1) is 8.15. The molecule has 0 N–H and O–H groups in total. The zero-order valence-electron chi connectivity index (χ0n) is 9.45. The van der Waals surface area contributed by atoms with Gasteiger partial charge in [0.1, 0.15) is 0 Å². The van der Waals surface area contributed by atoms with Crippen LogP contribution in [0.1, 0.15) is 16.7 Å². The van der Waals surface area contributed by atoms with Crippen LogP contribution in [0.5, 0.6) is 0 Å². The summed E-state index contributed by atoms with van der Waals surface area (Å²) in [6, 6.07) is 14.0. The summed E-state index contributed by atoms with van der Waals surface area (Å²) in [6.07, 6.45) is 4.08. The third kappa shape index (κ3) is 3.36. The number of hydrogen-bond donors (Lipinski definition) is 0. The Hall–Kier alpha value is -1.24. The molecule has 0 atom stereocenters. The van der Waals surface area contributed by atoms with Crippen molar-refractivity contribution in [1.29, 1.82) is 0 Å². The summed E-state index contributed by atoms with van der Waals surface area (Å²) < 4.78 is 0. The molecule has 0 aliphatic carbocycles. The Labute approximate surface area is 112 Å². The predicted octanol–water partition coefficient (Wildman–Crippen LogP) is 5.47. The highest BCUT2D eigenvalue weighted by atomic mass is 35.5. The molecule has 0 fully saturated rings. The van der Waals surface area contributed by atoms with Crippen molar-refractivity contribution < 1.29 is 0 Å². The fraction of sp³-hybridized carbons (Fsp3) is 0.0667. The minimum absolute atomic E-state index is 0.581. The van der Waals surface area contributed by atoms with Crippen molar-refractivity contribution >= 4 is 35.4 Å². The van der Waals surface area contributed by atoms with E-state index in [0.717, 1.165) is 5.56 Å². The van der Waals surface area contributed by atoms with Crippen molar-refractivity contribution in [1.82, 2.24) is 0 Å². The van der Waals surface area contributed by atoms with Crippen LogP contribution in [0.3, 0.4) is 0 Å². The maximum atomic E-state index is 5.95. The Morgan fingerprint density at radius 3 is 2.00 bits per heavy atom. The van der Waals surface area contributed by atoms with Crippen molar-refractivity contribution in [3.63, 3.8) is 0 Å². The van der Waals surface area contributed by atoms with Gasteiger partial charge in [0.15, 0.2) is 0 Å². The highest BCUT2D eigenvalue weighted by molar-refractivity contribution is 6.42. The topological polar surface area (TPSA) is 0 Å². The van der Waals surface area contributed by atoms with Crippen LogP contribution in [0.15, 0.2) is 42.5 Å². The number of halogens is 2. The van der Waals surface area contributed by atoms with E-state index in [9.17, 15) is 0 Å². The Morgan fingerprint density at radius 2 is 1.35 bits per heavy atom. The van der Waals surface area contributed by atoms with E-state index in [0.29, 0.717) is 10.0 Å². The van der Waals surface area contributed by atoms with E-state index < -0.39 is 0 Å². The molecule has 0 unspecified atom stereocenters. The molecule has 2 rings (SSSR count). The molecule has 0 aromatic heterocycles. The van der Waals surface area contributed by atoms with Crippen LogP contribution in [0.4, 0.5) is 0 Å². The molecule has 0 aliphatic heterocycles. The molecule has 86 valence electrons. The summed E-state index contributed by atoms with van der Waals surface area (Å²) in [5, 5.41) is 1.16. The van der Waals surface area contributed by atoms with Gasteiger partial charge in [-0.15, -0.1) is 0 Å². The minimum Gasteiger partial charge on any atom is -0.0827 e. The van der Waals surface area contributed by atoms with Crippen LogP contribution < -0.4 is 0 Å². The van der Waals surface area contributed by atoms with Crippen molar-refractivity contribution in [2.24, 2.45) is 0 Å². The van der Waals surface area contributed by atoms with E-state index in [4.69, 9.17) is 23.2 Å². The Bertz CT molecular complexity index is 539. The zero-order valence-corrected chi connectivity index (χ0v) is 11.0. The lowest BCUT2D eigenvalue weighted by molar-refractivity contribution is 1.46. The summed E-state index contributed by atoms with van der Waals surface area (Å²) in [7, 11) is 0. The van der Waals surface area contributed by atoms with Gasteiger partial charge in [0, 0.05) is 0 Å². The first-order valence-electron chi connectivity index (χ1n) is 5.35. The van der Waals surface area contributed by atoms with Gasteiger partial charge in [0.05, 0.1) is 10.0 Å². The molecule has 2 aromatic rings. The van der Waals surface area contributed by atoms with E-state index in [2.05, 4.69) is 37.3 Å². The van der Waals surface area contributed by atoms with E-state index >= 15 is 0 Å². The molecule has 2 aromatic carbocycles. The van der Waals surface area contributed by atoms with E-state index in [1.165, 1.54) is 11.1 Å². The quantitative estimate of drug-likeness (QED) is 0.630. The van der Waals surface area contributed by atoms with Crippen LogP contribution in [0.2, 0.25) is 10.0 Å². The molecule has 0 spiro atoms. The van der Waals surface area contributed by atoms with Crippen LogP contribution in [0, 0.1) is 6.92 Å². The van der Waals surface area contributed by atoms with Gasteiger partial charge >= 0.3 is 0 Å². The smallest absolute Gasteiger partial charge is 0.0598 e. The molecule has 0 saturated heterocycles. The third-order valence-corrected chi connectivity index (χ3v) is 3.23. The largest absolute Gasteiger partial charge is 0.0827 e. The lowest BCUT2D eigenvalue weighted by Crippen LogP contribution is -1.75. The van der Waals surface area contributed by atoms with E-state index in [1.54, 1.807) is 6.07 Å². The lowest BCUT2D eigenvalue weighted by Gasteiger charge is -1.98. The number of benzene rings is 2.